The largest absolute Gasteiger partial charge is 0.454 e. The summed E-state index contributed by atoms with van der Waals surface area (Å²) in [6, 6.07) is 23.0. The lowest BCUT2D eigenvalue weighted by Gasteiger charge is -2.22. The fourth-order valence-corrected chi connectivity index (χ4v) is 5.71. The minimum atomic E-state index is -0.625. The van der Waals surface area contributed by atoms with Crippen molar-refractivity contribution in [1.82, 2.24) is 4.98 Å². The molecule has 1 aliphatic heterocycles. The van der Waals surface area contributed by atoms with Crippen LogP contribution >= 0.6 is 0 Å². The van der Waals surface area contributed by atoms with Gasteiger partial charge in [-0.3, -0.25) is 19.3 Å². The Morgan fingerprint density at radius 2 is 1.68 bits per heavy atom. The third-order valence-electron chi connectivity index (χ3n) is 7.94. The number of anilines is 1. The highest BCUT2D eigenvalue weighted by molar-refractivity contribution is 6.22. The van der Waals surface area contributed by atoms with E-state index in [1.807, 2.05) is 50.3 Å². The fraction of sp³-hybridized carbons (Fsp3) is 0.206. The molecule has 4 aromatic rings. The maximum Gasteiger partial charge on any atom is 0.339 e. The average Bonchev–Trinajstić information content (AvgIpc) is 3.25. The molecule has 6 rings (SSSR count). The average molecular weight is 545 g/mol. The molecule has 0 bridgehead atoms. The zero-order chi connectivity index (χ0) is 28.7. The maximum atomic E-state index is 13.2. The van der Waals surface area contributed by atoms with Gasteiger partial charge in [0.25, 0.3) is 0 Å². The van der Waals surface area contributed by atoms with Crippen molar-refractivity contribution in [2.45, 2.75) is 20.3 Å². The van der Waals surface area contributed by atoms with Crippen molar-refractivity contribution in [3.63, 3.8) is 0 Å². The van der Waals surface area contributed by atoms with Crippen LogP contribution in [-0.2, 0) is 14.3 Å². The molecule has 3 aromatic carbocycles. The lowest BCUT2D eigenvalue weighted by Crippen LogP contribution is -2.31. The molecule has 3 atom stereocenters. The first-order valence-electron chi connectivity index (χ1n) is 13.6. The number of rotatable bonds is 6. The van der Waals surface area contributed by atoms with Crippen molar-refractivity contribution in [2.24, 2.45) is 17.8 Å². The quantitative estimate of drug-likeness (QED) is 0.129. The Bertz CT molecular complexity index is 1720. The lowest BCUT2D eigenvalue weighted by molar-refractivity contribution is -0.122. The number of fused-ring (bicyclic) bond motifs is 2. The van der Waals surface area contributed by atoms with E-state index in [0.717, 1.165) is 5.56 Å². The van der Waals surface area contributed by atoms with Gasteiger partial charge in [-0.15, -0.1) is 0 Å². The topological polar surface area (TPSA) is 93.6 Å². The molecular weight excluding hydrogens is 516 g/mol. The van der Waals surface area contributed by atoms with E-state index in [2.05, 4.69) is 0 Å². The highest BCUT2D eigenvalue weighted by Gasteiger charge is 2.50. The summed E-state index contributed by atoms with van der Waals surface area (Å²) in [7, 11) is 0. The Morgan fingerprint density at radius 3 is 2.41 bits per heavy atom. The molecule has 204 valence electrons. The van der Waals surface area contributed by atoms with Crippen LogP contribution in [0.15, 0.2) is 91.0 Å². The fourth-order valence-electron chi connectivity index (χ4n) is 5.71. The third-order valence-corrected chi connectivity index (χ3v) is 7.94. The van der Waals surface area contributed by atoms with Crippen LogP contribution in [0.4, 0.5) is 5.69 Å². The lowest BCUT2D eigenvalue weighted by atomic mass is 9.78. The van der Waals surface area contributed by atoms with Crippen LogP contribution in [0.2, 0.25) is 0 Å². The second-order valence-electron chi connectivity index (χ2n) is 10.7. The van der Waals surface area contributed by atoms with Crippen LogP contribution in [-0.4, -0.2) is 35.2 Å². The number of ether oxygens (including phenoxy) is 1. The zero-order valence-corrected chi connectivity index (χ0v) is 22.7. The molecule has 1 saturated heterocycles. The van der Waals surface area contributed by atoms with Gasteiger partial charge in [0.1, 0.15) is 0 Å². The molecule has 0 radical (unpaired) electrons. The number of hydrogen-bond acceptors (Lipinski definition) is 6. The second-order valence-corrected chi connectivity index (χ2v) is 10.7. The zero-order valence-electron chi connectivity index (χ0n) is 22.7. The summed E-state index contributed by atoms with van der Waals surface area (Å²) < 4.78 is 5.44. The molecule has 1 aliphatic carbocycles. The maximum absolute atomic E-state index is 13.2. The van der Waals surface area contributed by atoms with Gasteiger partial charge in [0.05, 0.1) is 34.3 Å². The molecule has 2 heterocycles. The highest BCUT2D eigenvalue weighted by atomic mass is 16.5. The Hall–Kier alpha value is -4.91. The predicted octanol–water partition coefficient (Wildman–Crippen LogP) is 5.95. The van der Waals surface area contributed by atoms with E-state index >= 15 is 0 Å². The van der Waals surface area contributed by atoms with E-state index in [1.54, 1.807) is 54.6 Å². The third kappa shape index (κ3) is 4.84. The minimum absolute atomic E-state index is 0.0154. The molecule has 7 heteroatoms. The van der Waals surface area contributed by atoms with Gasteiger partial charge < -0.3 is 4.74 Å². The van der Waals surface area contributed by atoms with Crippen molar-refractivity contribution >= 4 is 40.2 Å². The van der Waals surface area contributed by atoms with E-state index < -0.39 is 5.97 Å². The standard InChI is InChI=1S/C34H28N2O5/c1-20-10-12-23(13-11-20)30(37)19-41-34(40)27-18-29(35-28-9-4-3-7-25(27)28)22-14-16-24(17-15-22)36-32(38)26-8-5-6-21(2)31(26)33(36)39/h3-7,9-18,21,26,31H,8,19H2,1-2H3. The van der Waals surface area contributed by atoms with Crippen molar-refractivity contribution in [1.29, 1.82) is 0 Å². The SMILES string of the molecule is Cc1ccc(C(=O)COC(=O)c2cc(-c3ccc(N4C(=O)C5CC=CC(C)C5C4=O)cc3)nc3ccccc23)cc1. The first kappa shape index (κ1) is 26.3. The molecule has 1 aromatic heterocycles. The molecule has 3 unspecified atom stereocenters. The predicted molar refractivity (Wildman–Crippen MR) is 155 cm³/mol. The first-order chi connectivity index (χ1) is 19.8. The van der Waals surface area contributed by atoms with Crippen molar-refractivity contribution < 1.29 is 23.9 Å². The summed E-state index contributed by atoms with van der Waals surface area (Å²) in [6.45, 7) is 3.53. The van der Waals surface area contributed by atoms with Gasteiger partial charge in [-0.2, -0.15) is 0 Å². The van der Waals surface area contributed by atoms with Gasteiger partial charge in [-0.25, -0.2) is 9.78 Å². The van der Waals surface area contributed by atoms with E-state index in [-0.39, 0.29) is 42.0 Å². The van der Waals surface area contributed by atoms with Crippen LogP contribution in [0.25, 0.3) is 22.2 Å². The first-order valence-corrected chi connectivity index (χ1v) is 13.6. The molecule has 0 saturated carbocycles. The Labute approximate surface area is 237 Å². The molecular formula is C34H28N2O5. The Kier molecular flexibility index (Phi) is 6.79. The second kappa shape index (κ2) is 10.6. The molecule has 7 nitrogen and oxygen atoms in total. The van der Waals surface area contributed by atoms with E-state index in [9.17, 15) is 19.2 Å². The van der Waals surface area contributed by atoms with Gasteiger partial charge in [0.15, 0.2) is 12.4 Å². The van der Waals surface area contributed by atoms with E-state index in [4.69, 9.17) is 9.72 Å². The number of para-hydroxylation sites is 1. The minimum Gasteiger partial charge on any atom is -0.454 e. The summed E-state index contributed by atoms with van der Waals surface area (Å²) in [5.41, 5.74) is 4.15. The number of benzene rings is 3. The van der Waals surface area contributed by atoms with Crippen LogP contribution in [0.5, 0.6) is 0 Å². The van der Waals surface area contributed by atoms with Gasteiger partial charge in [0, 0.05) is 16.5 Å². The van der Waals surface area contributed by atoms with Crippen LogP contribution in [0, 0.1) is 24.7 Å². The number of aryl methyl sites for hydroxylation is 1. The molecule has 2 amide bonds. The number of nitrogens with zero attached hydrogens (tertiary/aromatic N) is 2. The monoisotopic (exact) mass is 544 g/mol. The summed E-state index contributed by atoms with van der Waals surface area (Å²) in [6.07, 6.45) is 4.56. The Balaban J connectivity index is 1.26. The number of esters is 1. The summed E-state index contributed by atoms with van der Waals surface area (Å²) >= 11 is 0. The number of carbonyl (C=O) groups is 4. The number of ketones is 1. The number of hydrogen-bond donors (Lipinski definition) is 0. The number of Topliss-reactive ketones (excluding diaryl/α,β-unsaturated/α-hetero) is 1. The molecule has 0 N–H and O–H groups in total. The van der Waals surface area contributed by atoms with Crippen molar-refractivity contribution in [3.05, 3.63) is 108 Å². The van der Waals surface area contributed by atoms with Crippen LogP contribution < -0.4 is 4.90 Å². The van der Waals surface area contributed by atoms with Gasteiger partial charge in [-0.05, 0) is 43.5 Å². The van der Waals surface area contributed by atoms with Crippen molar-refractivity contribution in [2.75, 3.05) is 11.5 Å². The molecule has 1 fully saturated rings. The smallest absolute Gasteiger partial charge is 0.339 e. The summed E-state index contributed by atoms with van der Waals surface area (Å²) in [4.78, 5) is 58.1. The summed E-state index contributed by atoms with van der Waals surface area (Å²) in [5, 5.41) is 0.610. The van der Waals surface area contributed by atoms with E-state index in [1.165, 1.54) is 4.90 Å². The van der Waals surface area contributed by atoms with Crippen LogP contribution in [0.1, 0.15) is 39.6 Å². The number of allylic oxidation sites excluding steroid dienone is 2. The molecule has 41 heavy (non-hydrogen) atoms. The number of amides is 2. The van der Waals surface area contributed by atoms with Crippen molar-refractivity contribution in [3.8, 4) is 11.3 Å². The Morgan fingerprint density at radius 1 is 0.951 bits per heavy atom. The summed E-state index contributed by atoms with van der Waals surface area (Å²) in [5.74, 6) is -1.89. The van der Waals surface area contributed by atoms with Crippen LogP contribution in [0.3, 0.4) is 0 Å². The number of aromatic nitrogens is 1. The van der Waals surface area contributed by atoms with Gasteiger partial charge >= 0.3 is 5.97 Å². The van der Waals surface area contributed by atoms with Gasteiger partial charge in [0.2, 0.25) is 11.8 Å². The molecule has 0 spiro atoms. The van der Waals surface area contributed by atoms with Gasteiger partial charge in [-0.1, -0.05) is 79.2 Å². The normalized spacial score (nSPS) is 19.9. The highest BCUT2D eigenvalue weighted by Crippen LogP contribution is 2.40. The molecule has 2 aliphatic rings. The number of carbonyl (C=O) groups excluding carboxylic acids is 4. The number of pyridine rings is 1. The van der Waals surface area contributed by atoms with E-state index in [0.29, 0.717) is 45.4 Å². The number of imide groups is 1.